The lowest BCUT2D eigenvalue weighted by Gasteiger charge is -2.16. The van der Waals surface area contributed by atoms with Gasteiger partial charge in [-0.15, -0.1) is 0 Å². The summed E-state index contributed by atoms with van der Waals surface area (Å²) in [5, 5.41) is 15.3. The molecule has 0 spiro atoms. The van der Waals surface area contributed by atoms with Gasteiger partial charge in [0.1, 0.15) is 5.75 Å². The van der Waals surface area contributed by atoms with Crippen LogP contribution in [0.3, 0.4) is 0 Å². The Balaban J connectivity index is 1.35. The predicted molar refractivity (Wildman–Crippen MR) is 128 cm³/mol. The van der Waals surface area contributed by atoms with Crippen molar-refractivity contribution in [1.82, 2.24) is 14.7 Å². The third-order valence-electron chi connectivity index (χ3n) is 5.92. The van der Waals surface area contributed by atoms with Crippen molar-refractivity contribution in [3.63, 3.8) is 0 Å². The van der Waals surface area contributed by atoms with Crippen LogP contribution in [0.1, 0.15) is 21.5 Å². The number of carbonyl (C=O) groups is 1. The van der Waals surface area contributed by atoms with Gasteiger partial charge in [-0.05, 0) is 28.8 Å². The lowest BCUT2D eigenvalue weighted by molar-refractivity contribution is -0.384. The van der Waals surface area contributed by atoms with Crippen molar-refractivity contribution < 1.29 is 19.2 Å². The molecule has 1 aliphatic rings. The minimum Gasteiger partial charge on any atom is -0.493 e. The van der Waals surface area contributed by atoms with Crippen LogP contribution in [0.5, 0.6) is 17.2 Å². The molecular formula is C26H22N4O5. The molecule has 1 aliphatic heterocycles. The molecule has 0 saturated carbocycles. The fourth-order valence-electron chi connectivity index (χ4n) is 4.17. The van der Waals surface area contributed by atoms with Crippen LogP contribution in [-0.4, -0.2) is 32.6 Å². The third kappa shape index (κ3) is 4.31. The van der Waals surface area contributed by atoms with Crippen LogP contribution in [0.25, 0.3) is 11.1 Å². The Morgan fingerprint density at radius 3 is 2.51 bits per heavy atom. The summed E-state index contributed by atoms with van der Waals surface area (Å²) in [7, 11) is 3.29. The standard InChI is InChI=1S/C26H22N4O5/c1-28-15-20(13-27-28)18-8-6-17(7-9-18)14-29-16-19-4-3-5-23(25(19)26(29)31)35-22-11-10-21(30(32)33)12-24(22)34-2/h3-13,15H,14,16H2,1-2H3. The molecule has 0 bridgehead atoms. The second-order valence-corrected chi connectivity index (χ2v) is 8.25. The average molecular weight is 470 g/mol. The number of ether oxygens (including phenoxy) is 2. The fourth-order valence-corrected chi connectivity index (χ4v) is 4.17. The normalized spacial score (nSPS) is 12.5. The highest BCUT2D eigenvalue weighted by molar-refractivity contribution is 6.01. The summed E-state index contributed by atoms with van der Waals surface area (Å²) in [6.45, 7) is 0.925. The molecule has 0 saturated heterocycles. The monoisotopic (exact) mass is 470 g/mol. The van der Waals surface area contributed by atoms with Gasteiger partial charge in [-0.2, -0.15) is 5.10 Å². The summed E-state index contributed by atoms with van der Waals surface area (Å²) >= 11 is 0. The summed E-state index contributed by atoms with van der Waals surface area (Å²) in [6, 6.07) is 17.6. The molecule has 0 aliphatic carbocycles. The van der Waals surface area contributed by atoms with E-state index in [0.29, 0.717) is 30.2 Å². The number of amides is 1. The number of aryl methyl sites for hydroxylation is 1. The van der Waals surface area contributed by atoms with E-state index in [4.69, 9.17) is 9.47 Å². The van der Waals surface area contributed by atoms with Crippen LogP contribution in [0.4, 0.5) is 5.69 Å². The van der Waals surface area contributed by atoms with Crippen molar-refractivity contribution >= 4 is 11.6 Å². The summed E-state index contributed by atoms with van der Waals surface area (Å²) in [4.78, 5) is 25.6. The van der Waals surface area contributed by atoms with E-state index >= 15 is 0 Å². The molecular weight excluding hydrogens is 448 g/mol. The first-order valence-electron chi connectivity index (χ1n) is 10.9. The minimum absolute atomic E-state index is 0.107. The first kappa shape index (κ1) is 22.1. The number of nitro benzene ring substituents is 1. The van der Waals surface area contributed by atoms with Gasteiger partial charge in [0.2, 0.25) is 0 Å². The molecule has 5 rings (SSSR count). The van der Waals surface area contributed by atoms with Crippen LogP contribution >= 0.6 is 0 Å². The van der Waals surface area contributed by atoms with Gasteiger partial charge in [-0.25, -0.2) is 0 Å². The highest BCUT2D eigenvalue weighted by Gasteiger charge is 2.31. The molecule has 1 aromatic heterocycles. The molecule has 4 aromatic rings. The van der Waals surface area contributed by atoms with Gasteiger partial charge in [0.25, 0.3) is 11.6 Å². The van der Waals surface area contributed by atoms with Crippen molar-refractivity contribution in [2.24, 2.45) is 7.05 Å². The number of hydrogen-bond acceptors (Lipinski definition) is 6. The van der Waals surface area contributed by atoms with Gasteiger partial charge in [0.15, 0.2) is 11.5 Å². The van der Waals surface area contributed by atoms with Crippen molar-refractivity contribution in [2.75, 3.05) is 7.11 Å². The van der Waals surface area contributed by atoms with Crippen molar-refractivity contribution in [2.45, 2.75) is 13.1 Å². The molecule has 9 nitrogen and oxygen atoms in total. The number of fused-ring (bicyclic) bond motifs is 1. The van der Waals surface area contributed by atoms with E-state index in [1.54, 1.807) is 15.6 Å². The molecule has 176 valence electrons. The maximum Gasteiger partial charge on any atom is 0.273 e. The van der Waals surface area contributed by atoms with E-state index in [1.807, 2.05) is 55.8 Å². The number of non-ortho nitro benzene ring substituents is 1. The van der Waals surface area contributed by atoms with E-state index in [0.717, 1.165) is 22.3 Å². The van der Waals surface area contributed by atoms with E-state index in [-0.39, 0.29) is 17.3 Å². The van der Waals surface area contributed by atoms with Crippen LogP contribution < -0.4 is 9.47 Å². The van der Waals surface area contributed by atoms with Crippen LogP contribution in [0.2, 0.25) is 0 Å². The lowest BCUT2D eigenvalue weighted by Crippen LogP contribution is -2.23. The zero-order chi connectivity index (χ0) is 24.5. The van der Waals surface area contributed by atoms with Crippen LogP contribution in [-0.2, 0) is 20.1 Å². The maximum absolute atomic E-state index is 13.3. The molecule has 1 amide bonds. The number of aromatic nitrogens is 2. The van der Waals surface area contributed by atoms with Crippen LogP contribution in [0.15, 0.2) is 73.1 Å². The van der Waals surface area contributed by atoms with Crippen molar-refractivity contribution in [1.29, 1.82) is 0 Å². The number of hydrogen-bond donors (Lipinski definition) is 0. The minimum atomic E-state index is -0.503. The maximum atomic E-state index is 13.3. The number of nitro groups is 1. The Kier molecular flexibility index (Phi) is 5.66. The number of rotatable bonds is 7. The largest absolute Gasteiger partial charge is 0.493 e. The number of benzene rings is 3. The van der Waals surface area contributed by atoms with Crippen molar-refractivity contribution in [3.05, 3.63) is 99.9 Å². The number of carbonyl (C=O) groups excluding carboxylic acids is 1. The lowest BCUT2D eigenvalue weighted by atomic mass is 10.1. The molecule has 0 unspecified atom stereocenters. The second kappa shape index (κ2) is 8.94. The van der Waals surface area contributed by atoms with E-state index in [2.05, 4.69) is 5.10 Å². The molecule has 0 fully saturated rings. The molecule has 9 heteroatoms. The SMILES string of the molecule is COc1cc([N+](=O)[O-])ccc1Oc1cccc2c1C(=O)N(Cc1ccc(-c3cnn(C)c3)cc1)C2. The predicted octanol–water partition coefficient (Wildman–Crippen LogP) is 4.95. The average Bonchev–Trinajstić information content (AvgIpc) is 3.43. The molecule has 0 radical (unpaired) electrons. The second-order valence-electron chi connectivity index (χ2n) is 8.25. The van der Waals surface area contributed by atoms with Crippen molar-refractivity contribution in [3.8, 4) is 28.4 Å². The zero-order valence-corrected chi connectivity index (χ0v) is 19.2. The molecule has 3 aromatic carbocycles. The third-order valence-corrected chi connectivity index (χ3v) is 5.92. The zero-order valence-electron chi connectivity index (χ0n) is 19.2. The summed E-state index contributed by atoms with van der Waals surface area (Å²) < 4.78 is 13.0. The van der Waals surface area contributed by atoms with E-state index in [1.165, 1.54) is 25.3 Å². The van der Waals surface area contributed by atoms with Gasteiger partial charge in [-0.3, -0.25) is 19.6 Å². The Bertz CT molecular complexity index is 1430. The Morgan fingerprint density at radius 1 is 1.03 bits per heavy atom. The number of nitrogens with zero attached hydrogens (tertiary/aromatic N) is 4. The van der Waals surface area contributed by atoms with E-state index in [9.17, 15) is 14.9 Å². The van der Waals surface area contributed by atoms with Gasteiger partial charge >= 0.3 is 0 Å². The Labute approximate surface area is 201 Å². The van der Waals surface area contributed by atoms with Gasteiger partial charge < -0.3 is 14.4 Å². The Hall–Kier alpha value is -4.66. The van der Waals surface area contributed by atoms with Gasteiger partial charge in [0.05, 0.1) is 29.9 Å². The molecule has 0 N–H and O–H groups in total. The first-order valence-corrected chi connectivity index (χ1v) is 10.9. The van der Waals surface area contributed by atoms with Crippen LogP contribution in [0, 0.1) is 10.1 Å². The summed E-state index contributed by atoms with van der Waals surface area (Å²) in [5.41, 5.74) is 4.35. The summed E-state index contributed by atoms with van der Waals surface area (Å²) in [5.74, 6) is 0.762. The fraction of sp³-hybridized carbons (Fsp3) is 0.154. The Morgan fingerprint density at radius 2 is 1.83 bits per heavy atom. The van der Waals surface area contributed by atoms with E-state index < -0.39 is 4.92 Å². The molecule has 2 heterocycles. The number of methoxy groups -OCH3 is 1. The summed E-state index contributed by atoms with van der Waals surface area (Å²) in [6.07, 6.45) is 3.77. The highest BCUT2D eigenvalue weighted by Crippen LogP contribution is 2.39. The van der Waals surface area contributed by atoms with Gasteiger partial charge in [-0.1, -0.05) is 36.4 Å². The smallest absolute Gasteiger partial charge is 0.273 e. The quantitative estimate of drug-likeness (QED) is 0.280. The molecule has 0 atom stereocenters. The first-order chi connectivity index (χ1) is 16.9. The topological polar surface area (TPSA) is 99.7 Å². The highest BCUT2D eigenvalue weighted by atomic mass is 16.6. The van der Waals surface area contributed by atoms with Gasteiger partial charge in [0, 0.05) is 38.0 Å². The molecule has 35 heavy (non-hydrogen) atoms.